The van der Waals surface area contributed by atoms with Crippen LogP contribution in [0, 0.1) is 17.8 Å². The van der Waals surface area contributed by atoms with Crippen LogP contribution in [0.25, 0.3) is 0 Å². The SMILES string of the molecule is C[C@@H](O)[C@H](NC(=O)NCC1CC2CCC1C2)C(=O)O. The van der Waals surface area contributed by atoms with Crippen LogP contribution in [0.5, 0.6) is 0 Å². The lowest BCUT2D eigenvalue weighted by Crippen LogP contribution is -2.51. The number of aliphatic hydroxyl groups is 1. The molecular formula is C13H22N2O4. The molecule has 108 valence electrons. The Kier molecular flexibility index (Phi) is 4.29. The Morgan fingerprint density at radius 3 is 2.53 bits per heavy atom. The van der Waals surface area contributed by atoms with E-state index in [0.717, 1.165) is 11.8 Å². The number of amides is 2. The van der Waals surface area contributed by atoms with E-state index in [1.54, 1.807) is 0 Å². The monoisotopic (exact) mass is 270 g/mol. The number of hydrogen-bond donors (Lipinski definition) is 4. The van der Waals surface area contributed by atoms with Gasteiger partial charge in [-0.15, -0.1) is 0 Å². The first-order valence-corrected chi connectivity index (χ1v) is 6.92. The largest absolute Gasteiger partial charge is 0.480 e. The Labute approximate surface area is 112 Å². The van der Waals surface area contributed by atoms with Gasteiger partial charge in [-0.1, -0.05) is 6.42 Å². The Bertz CT molecular complexity index is 359. The molecule has 6 nitrogen and oxygen atoms in total. The van der Waals surface area contributed by atoms with Gasteiger partial charge in [0, 0.05) is 6.54 Å². The average Bonchev–Trinajstić information content (AvgIpc) is 2.94. The van der Waals surface area contributed by atoms with Crippen molar-refractivity contribution in [1.82, 2.24) is 10.6 Å². The van der Waals surface area contributed by atoms with Crippen molar-refractivity contribution in [3.05, 3.63) is 0 Å². The van der Waals surface area contributed by atoms with Crippen molar-refractivity contribution in [3.63, 3.8) is 0 Å². The molecule has 0 aromatic carbocycles. The molecule has 2 saturated carbocycles. The highest BCUT2D eigenvalue weighted by Crippen LogP contribution is 2.47. The van der Waals surface area contributed by atoms with Gasteiger partial charge in [-0.05, 0) is 43.9 Å². The van der Waals surface area contributed by atoms with Crippen LogP contribution in [0.2, 0.25) is 0 Å². The summed E-state index contributed by atoms with van der Waals surface area (Å²) in [7, 11) is 0. The summed E-state index contributed by atoms with van der Waals surface area (Å²) in [5.74, 6) is 0.839. The highest BCUT2D eigenvalue weighted by Gasteiger charge is 2.39. The zero-order valence-electron chi connectivity index (χ0n) is 11.1. The summed E-state index contributed by atoms with van der Waals surface area (Å²) in [6.45, 7) is 1.94. The normalized spacial score (nSPS) is 31.8. The van der Waals surface area contributed by atoms with Crippen molar-refractivity contribution in [2.75, 3.05) is 6.54 Å². The van der Waals surface area contributed by atoms with Crippen LogP contribution in [-0.4, -0.2) is 40.9 Å². The van der Waals surface area contributed by atoms with E-state index in [1.807, 2.05) is 0 Å². The lowest BCUT2D eigenvalue weighted by Gasteiger charge is -2.23. The highest BCUT2D eigenvalue weighted by molar-refractivity contribution is 5.82. The Morgan fingerprint density at radius 1 is 1.32 bits per heavy atom. The fraction of sp³-hybridized carbons (Fsp3) is 0.846. The van der Waals surface area contributed by atoms with Crippen LogP contribution in [0.3, 0.4) is 0 Å². The number of carbonyl (C=O) groups is 2. The van der Waals surface area contributed by atoms with E-state index in [9.17, 15) is 14.7 Å². The summed E-state index contributed by atoms with van der Waals surface area (Å²) in [6.07, 6.45) is 3.90. The molecule has 2 aliphatic carbocycles. The van der Waals surface area contributed by atoms with Gasteiger partial charge in [-0.2, -0.15) is 0 Å². The molecule has 0 saturated heterocycles. The predicted molar refractivity (Wildman–Crippen MR) is 68.6 cm³/mol. The first kappa shape index (κ1) is 14.1. The molecule has 0 aromatic heterocycles. The van der Waals surface area contributed by atoms with E-state index in [2.05, 4.69) is 10.6 Å². The first-order chi connectivity index (χ1) is 8.97. The molecule has 0 heterocycles. The van der Waals surface area contributed by atoms with Gasteiger partial charge in [0.25, 0.3) is 0 Å². The fourth-order valence-electron chi connectivity index (χ4n) is 3.43. The Morgan fingerprint density at radius 2 is 2.05 bits per heavy atom. The number of hydrogen-bond acceptors (Lipinski definition) is 3. The third-order valence-corrected chi connectivity index (χ3v) is 4.44. The molecule has 5 atom stereocenters. The third kappa shape index (κ3) is 3.37. The smallest absolute Gasteiger partial charge is 0.328 e. The van der Waals surface area contributed by atoms with Crippen LogP contribution in [-0.2, 0) is 4.79 Å². The van der Waals surface area contributed by atoms with Crippen molar-refractivity contribution >= 4 is 12.0 Å². The van der Waals surface area contributed by atoms with Gasteiger partial charge in [-0.3, -0.25) is 0 Å². The molecule has 2 rings (SSSR count). The Hall–Kier alpha value is -1.30. The van der Waals surface area contributed by atoms with E-state index >= 15 is 0 Å². The minimum Gasteiger partial charge on any atom is -0.480 e. The number of fused-ring (bicyclic) bond motifs is 2. The minimum absolute atomic E-state index is 0.518. The summed E-state index contributed by atoms with van der Waals surface area (Å²) in [6, 6.07) is -1.78. The van der Waals surface area contributed by atoms with Crippen LogP contribution >= 0.6 is 0 Å². The molecule has 0 aromatic rings. The van der Waals surface area contributed by atoms with E-state index in [-0.39, 0.29) is 0 Å². The first-order valence-electron chi connectivity index (χ1n) is 6.92. The van der Waals surface area contributed by atoms with Crippen molar-refractivity contribution < 1.29 is 19.8 Å². The molecule has 2 fully saturated rings. The number of urea groups is 1. The highest BCUT2D eigenvalue weighted by atomic mass is 16.4. The van der Waals surface area contributed by atoms with Gasteiger partial charge < -0.3 is 20.8 Å². The number of carboxylic acids is 1. The second-order valence-corrected chi connectivity index (χ2v) is 5.85. The summed E-state index contributed by atoms with van der Waals surface area (Å²) in [4.78, 5) is 22.5. The van der Waals surface area contributed by atoms with Crippen LogP contribution in [0.4, 0.5) is 4.79 Å². The zero-order valence-corrected chi connectivity index (χ0v) is 11.1. The maximum absolute atomic E-state index is 11.6. The number of aliphatic hydroxyl groups excluding tert-OH is 1. The molecular weight excluding hydrogens is 248 g/mol. The quantitative estimate of drug-likeness (QED) is 0.586. The minimum atomic E-state index is -1.26. The van der Waals surface area contributed by atoms with Crippen LogP contribution in [0.15, 0.2) is 0 Å². The predicted octanol–water partition coefficient (Wildman–Crippen LogP) is 0.556. The summed E-state index contributed by atoms with van der Waals surface area (Å²) < 4.78 is 0. The average molecular weight is 270 g/mol. The topological polar surface area (TPSA) is 98.7 Å². The lowest BCUT2D eigenvalue weighted by atomic mass is 9.89. The molecule has 19 heavy (non-hydrogen) atoms. The van der Waals surface area contributed by atoms with Crippen molar-refractivity contribution in [2.45, 2.75) is 44.8 Å². The molecule has 0 radical (unpaired) electrons. The van der Waals surface area contributed by atoms with Crippen LogP contribution < -0.4 is 10.6 Å². The molecule has 2 bridgehead atoms. The molecule has 0 aliphatic heterocycles. The molecule has 2 aliphatic rings. The maximum atomic E-state index is 11.6. The molecule has 4 N–H and O–H groups in total. The lowest BCUT2D eigenvalue weighted by molar-refractivity contribution is -0.141. The van der Waals surface area contributed by atoms with Gasteiger partial charge in [0.05, 0.1) is 6.10 Å². The molecule has 0 spiro atoms. The number of nitrogens with one attached hydrogen (secondary N) is 2. The number of carboxylic acid groups (broad SMARTS) is 1. The third-order valence-electron chi connectivity index (χ3n) is 4.44. The van der Waals surface area contributed by atoms with Gasteiger partial charge >= 0.3 is 12.0 Å². The second-order valence-electron chi connectivity index (χ2n) is 5.85. The van der Waals surface area contributed by atoms with E-state index in [4.69, 9.17) is 5.11 Å². The van der Waals surface area contributed by atoms with E-state index in [1.165, 1.54) is 32.6 Å². The van der Waals surface area contributed by atoms with Gasteiger partial charge in [0.2, 0.25) is 0 Å². The summed E-state index contributed by atoms with van der Waals surface area (Å²) in [5.41, 5.74) is 0. The van der Waals surface area contributed by atoms with Crippen molar-refractivity contribution in [1.29, 1.82) is 0 Å². The fourth-order valence-corrected chi connectivity index (χ4v) is 3.43. The Balaban J connectivity index is 1.74. The summed E-state index contributed by atoms with van der Waals surface area (Å²) >= 11 is 0. The number of carbonyl (C=O) groups excluding carboxylic acids is 1. The second kappa shape index (κ2) is 5.77. The van der Waals surface area contributed by atoms with Crippen molar-refractivity contribution in [3.8, 4) is 0 Å². The summed E-state index contributed by atoms with van der Waals surface area (Å²) in [5, 5.41) is 23.1. The zero-order chi connectivity index (χ0) is 14.0. The van der Waals surface area contributed by atoms with Crippen molar-refractivity contribution in [2.24, 2.45) is 17.8 Å². The maximum Gasteiger partial charge on any atom is 0.328 e. The number of aliphatic carboxylic acids is 1. The molecule has 3 unspecified atom stereocenters. The van der Waals surface area contributed by atoms with E-state index in [0.29, 0.717) is 12.5 Å². The van der Waals surface area contributed by atoms with E-state index < -0.39 is 24.1 Å². The van der Waals surface area contributed by atoms with Gasteiger partial charge in [-0.25, -0.2) is 9.59 Å². The number of rotatable bonds is 5. The standard InChI is InChI=1S/C13H22N2O4/c1-7(16)11(12(17)18)15-13(19)14-6-10-5-8-2-3-9(10)4-8/h7-11,16H,2-6H2,1H3,(H,17,18)(H2,14,15,19)/t7-,8?,9?,10?,11+/m1/s1. The van der Waals surface area contributed by atoms with Crippen LogP contribution in [0.1, 0.15) is 32.6 Å². The van der Waals surface area contributed by atoms with Gasteiger partial charge in [0.1, 0.15) is 0 Å². The van der Waals surface area contributed by atoms with Gasteiger partial charge in [0.15, 0.2) is 6.04 Å². The molecule has 6 heteroatoms. The molecule has 2 amide bonds.